The van der Waals surface area contributed by atoms with E-state index in [0.29, 0.717) is 12.1 Å². The Hall–Kier alpha value is -0.930. The molecular weight excluding hydrogens is 222 g/mol. The largest absolute Gasteiger partial charge is 0.313 e. The first-order chi connectivity index (χ1) is 8.75. The van der Waals surface area contributed by atoms with Crippen molar-refractivity contribution in [2.75, 3.05) is 13.1 Å². The molecule has 1 saturated heterocycles. The zero-order valence-electron chi connectivity index (χ0n) is 11.6. The third-order valence-corrected chi connectivity index (χ3v) is 3.73. The predicted molar refractivity (Wildman–Crippen MR) is 75.4 cm³/mol. The summed E-state index contributed by atoms with van der Waals surface area (Å²) in [5, 5.41) is 3.64. The minimum absolute atomic E-state index is 0.585. The lowest BCUT2D eigenvalue weighted by molar-refractivity contribution is 0.177. The van der Waals surface area contributed by atoms with Crippen LogP contribution in [0.25, 0.3) is 0 Å². The summed E-state index contributed by atoms with van der Waals surface area (Å²) in [5.74, 6) is 0. The van der Waals surface area contributed by atoms with E-state index in [0.717, 1.165) is 13.1 Å². The summed E-state index contributed by atoms with van der Waals surface area (Å²) in [6.45, 7) is 7.93. The van der Waals surface area contributed by atoms with Gasteiger partial charge in [-0.1, -0.05) is 6.42 Å². The van der Waals surface area contributed by atoms with Crippen LogP contribution in [-0.4, -0.2) is 35.1 Å². The minimum atomic E-state index is 0.585. The lowest BCUT2D eigenvalue weighted by Gasteiger charge is -2.33. The maximum Gasteiger partial charge on any atom is 0.0271 e. The van der Waals surface area contributed by atoms with E-state index < -0.39 is 0 Å². The highest BCUT2D eigenvalue weighted by Gasteiger charge is 2.18. The van der Waals surface area contributed by atoms with Gasteiger partial charge in [0.25, 0.3) is 0 Å². The molecule has 1 atom stereocenters. The van der Waals surface area contributed by atoms with Crippen LogP contribution in [0.3, 0.4) is 0 Å². The van der Waals surface area contributed by atoms with E-state index in [1.165, 1.54) is 31.4 Å². The number of hydrogen-bond acceptors (Lipinski definition) is 3. The molecule has 0 aromatic carbocycles. The van der Waals surface area contributed by atoms with Crippen LogP contribution in [-0.2, 0) is 6.54 Å². The number of hydrogen-bond donors (Lipinski definition) is 1. The highest BCUT2D eigenvalue weighted by Crippen LogP contribution is 2.13. The van der Waals surface area contributed by atoms with Gasteiger partial charge >= 0.3 is 0 Å². The quantitative estimate of drug-likeness (QED) is 0.866. The van der Waals surface area contributed by atoms with E-state index in [9.17, 15) is 0 Å². The molecule has 18 heavy (non-hydrogen) atoms. The Labute approximate surface area is 111 Å². The topological polar surface area (TPSA) is 28.2 Å². The fourth-order valence-electron chi connectivity index (χ4n) is 2.54. The third-order valence-electron chi connectivity index (χ3n) is 3.73. The average Bonchev–Trinajstić information content (AvgIpc) is 2.40. The van der Waals surface area contributed by atoms with Gasteiger partial charge in [0.1, 0.15) is 0 Å². The van der Waals surface area contributed by atoms with Gasteiger partial charge < -0.3 is 5.32 Å². The Kier molecular flexibility index (Phi) is 5.14. The van der Waals surface area contributed by atoms with Crippen molar-refractivity contribution in [3.63, 3.8) is 0 Å². The molecule has 1 aliphatic heterocycles. The molecule has 0 saturated carbocycles. The van der Waals surface area contributed by atoms with Crippen LogP contribution in [0.4, 0.5) is 0 Å². The molecule has 2 rings (SSSR count). The molecule has 1 aromatic heterocycles. The van der Waals surface area contributed by atoms with Crippen molar-refractivity contribution in [2.24, 2.45) is 0 Å². The molecule has 3 nitrogen and oxygen atoms in total. The monoisotopic (exact) mass is 247 g/mol. The highest BCUT2D eigenvalue weighted by atomic mass is 15.2. The van der Waals surface area contributed by atoms with Gasteiger partial charge in [-0.2, -0.15) is 0 Å². The van der Waals surface area contributed by atoms with E-state index in [4.69, 9.17) is 0 Å². The summed E-state index contributed by atoms with van der Waals surface area (Å²) in [7, 11) is 0. The Balaban J connectivity index is 1.91. The molecule has 0 spiro atoms. The molecule has 100 valence electrons. The van der Waals surface area contributed by atoms with Crippen LogP contribution in [0, 0.1) is 0 Å². The Morgan fingerprint density at radius 1 is 1.33 bits per heavy atom. The molecule has 1 aliphatic rings. The molecule has 0 aliphatic carbocycles. The Bertz CT molecular complexity index is 331. The van der Waals surface area contributed by atoms with Crippen molar-refractivity contribution in [3.8, 4) is 0 Å². The van der Waals surface area contributed by atoms with Gasteiger partial charge in [-0.05, 0) is 50.9 Å². The molecule has 0 bridgehead atoms. The van der Waals surface area contributed by atoms with Crippen LogP contribution in [0.5, 0.6) is 0 Å². The number of nitrogens with zero attached hydrogens (tertiary/aromatic N) is 2. The van der Waals surface area contributed by atoms with Gasteiger partial charge in [-0.25, -0.2) is 0 Å². The molecule has 1 N–H and O–H groups in total. The SMILES string of the molecule is CC(C)N(Cc1ccncc1)CC1CCCCN1. The maximum atomic E-state index is 4.08. The molecule has 2 heterocycles. The summed E-state index contributed by atoms with van der Waals surface area (Å²) in [4.78, 5) is 6.64. The van der Waals surface area contributed by atoms with Crippen LogP contribution in [0.1, 0.15) is 38.7 Å². The van der Waals surface area contributed by atoms with Gasteiger partial charge in [-0.3, -0.25) is 9.88 Å². The van der Waals surface area contributed by atoms with Crippen molar-refractivity contribution in [1.29, 1.82) is 0 Å². The second-order valence-electron chi connectivity index (χ2n) is 5.53. The zero-order chi connectivity index (χ0) is 12.8. The first kappa shape index (κ1) is 13.5. The molecule has 1 fully saturated rings. The van der Waals surface area contributed by atoms with Crippen LogP contribution in [0.15, 0.2) is 24.5 Å². The van der Waals surface area contributed by atoms with Crippen molar-refractivity contribution in [2.45, 2.75) is 51.7 Å². The van der Waals surface area contributed by atoms with E-state index >= 15 is 0 Å². The van der Waals surface area contributed by atoms with Gasteiger partial charge in [0.2, 0.25) is 0 Å². The van der Waals surface area contributed by atoms with Crippen molar-refractivity contribution in [1.82, 2.24) is 15.2 Å². The summed E-state index contributed by atoms with van der Waals surface area (Å²) in [5.41, 5.74) is 1.36. The number of piperidine rings is 1. The second kappa shape index (κ2) is 6.86. The lowest BCUT2D eigenvalue weighted by atomic mass is 10.0. The first-order valence-corrected chi connectivity index (χ1v) is 7.12. The number of aromatic nitrogens is 1. The fourth-order valence-corrected chi connectivity index (χ4v) is 2.54. The number of nitrogens with one attached hydrogen (secondary N) is 1. The van der Waals surface area contributed by atoms with E-state index in [1.807, 2.05) is 12.4 Å². The van der Waals surface area contributed by atoms with Gasteiger partial charge in [0.05, 0.1) is 0 Å². The summed E-state index contributed by atoms with van der Waals surface area (Å²) in [6.07, 6.45) is 7.79. The summed E-state index contributed by atoms with van der Waals surface area (Å²) < 4.78 is 0. The number of pyridine rings is 1. The molecule has 1 aromatic rings. The summed E-state index contributed by atoms with van der Waals surface area (Å²) >= 11 is 0. The first-order valence-electron chi connectivity index (χ1n) is 7.12. The van der Waals surface area contributed by atoms with Crippen molar-refractivity contribution in [3.05, 3.63) is 30.1 Å². The lowest BCUT2D eigenvalue weighted by Crippen LogP contribution is -2.45. The maximum absolute atomic E-state index is 4.08. The molecule has 0 amide bonds. The summed E-state index contributed by atoms with van der Waals surface area (Å²) in [6, 6.07) is 5.48. The van der Waals surface area contributed by atoms with E-state index in [-0.39, 0.29) is 0 Å². The Morgan fingerprint density at radius 2 is 2.11 bits per heavy atom. The predicted octanol–water partition coefficient (Wildman–Crippen LogP) is 2.43. The smallest absolute Gasteiger partial charge is 0.0271 e. The molecule has 1 unspecified atom stereocenters. The third kappa shape index (κ3) is 4.07. The van der Waals surface area contributed by atoms with Crippen molar-refractivity contribution >= 4 is 0 Å². The molecule has 3 heteroatoms. The zero-order valence-corrected chi connectivity index (χ0v) is 11.6. The van der Waals surface area contributed by atoms with Gasteiger partial charge in [0.15, 0.2) is 0 Å². The van der Waals surface area contributed by atoms with Crippen LogP contribution < -0.4 is 5.32 Å². The molecule has 0 radical (unpaired) electrons. The minimum Gasteiger partial charge on any atom is -0.313 e. The average molecular weight is 247 g/mol. The van der Waals surface area contributed by atoms with Gasteiger partial charge in [0, 0.05) is 37.6 Å². The molecular formula is C15H25N3. The fraction of sp³-hybridized carbons (Fsp3) is 0.667. The van der Waals surface area contributed by atoms with Crippen molar-refractivity contribution < 1.29 is 0 Å². The van der Waals surface area contributed by atoms with Crippen LogP contribution in [0.2, 0.25) is 0 Å². The standard InChI is InChI=1S/C15H25N3/c1-13(2)18(11-14-6-9-16-10-7-14)12-15-5-3-4-8-17-15/h6-7,9-10,13,15,17H,3-5,8,11-12H2,1-2H3. The van der Waals surface area contributed by atoms with E-state index in [2.05, 4.69) is 41.2 Å². The normalized spacial score (nSPS) is 20.6. The van der Waals surface area contributed by atoms with Crippen LogP contribution >= 0.6 is 0 Å². The van der Waals surface area contributed by atoms with E-state index in [1.54, 1.807) is 0 Å². The van der Waals surface area contributed by atoms with Gasteiger partial charge in [-0.15, -0.1) is 0 Å². The number of rotatable bonds is 5. The second-order valence-corrected chi connectivity index (χ2v) is 5.53. The Morgan fingerprint density at radius 3 is 2.72 bits per heavy atom. The highest BCUT2D eigenvalue weighted by molar-refractivity contribution is 5.09.